The van der Waals surface area contributed by atoms with E-state index in [4.69, 9.17) is 0 Å². The van der Waals surface area contributed by atoms with Crippen molar-refractivity contribution in [2.75, 3.05) is 0 Å². The predicted octanol–water partition coefficient (Wildman–Crippen LogP) is 3.61. The van der Waals surface area contributed by atoms with E-state index in [1.807, 2.05) is 6.92 Å². The van der Waals surface area contributed by atoms with E-state index in [1.54, 1.807) is 0 Å². The number of aliphatic hydroxyl groups is 1. The fraction of sp³-hybridized carbons (Fsp3) is 1.00. The van der Waals surface area contributed by atoms with Crippen molar-refractivity contribution in [3.05, 3.63) is 0 Å². The Kier molecular flexibility index (Phi) is 3.30. The van der Waals surface area contributed by atoms with Gasteiger partial charge in [0.25, 0.3) is 0 Å². The third-order valence-electron chi connectivity index (χ3n) is 4.17. The Morgan fingerprint density at radius 1 is 1.36 bits per heavy atom. The molecule has 0 bridgehead atoms. The lowest BCUT2D eigenvalue weighted by molar-refractivity contribution is -0.0629. The first kappa shape index (κ1) is 12.0. The molecule has 1 N–H and O–H groups in total. The van der Waals surface area contributed by atoms with E-state index < -0.39 is 5.60 Å². The molecule has 84 valence electrons. The van der Waals surface area contributed by atoms with Crippen LogP contribution in [-0.2, 0) is 0 Å². The molecule has 0 aromatic rings. The zero-order valence-corrected chi connectivity index (χ0v) is 10.4. The topological polar surface area (TPSA) is 20.2 Å². The van der Waals surface area contributed by atoms with Crippen molar-refractivity contribution in [1.29, 1.82) is 0 Å². The van der Waals surface area contributed by atoms with Crippen LogP contribution in [0.5, 0.6) is 0 Å². The van der Waals surface area contributed by atoms with Gasteiger partial charge in [-0.05, 0) is 43.4 Å². The molecule has 0 aliphatic heterocycles. The molecule has 1 rings (SSSR count). The van der Waals surface area contributed by atoms with Crippen molar-refractivity contribution in [1.82, 2.24) is 0 Å². The minimum atomic E-state index is -0.406. The quantitative estimate of drug-likeness (QED) is 0.682. The van der Waals surface area contributed by atoms with E-state index in [-0.39, 0.29) is 0 Å². The summed E-state index contributed by atoms with van der Waals surface area (Å²) in [6, 6.07) is 0. The Hall–Kier alpha value is -0.0400. The maximum absolute atomic E-state index is 10.2. The lowest BCUT2D eigenvalue weighted by atomic mass is 9.63. The number of hydrogen-bond acceptors (Lipinski definition) is 1. The molecule has 0 aromatic carbocycles. The van der Waals surface area contributed by atoms with Gasteiger partial charge in [-0.15, -0.1) is 0 Å². The predicted molar refractivity (Wildman–Crippen MR) is 61.2 cm³/mol. The molecule has 1 aliphatic carbocycles. The summed E-state index contributed by atoms with van der Waals surface area (Å²) in [5, 5.41) is 10.2. The van der Waals surface area contributed by atoms with Gasteiger partial charge in [-0.25, -0.2) is 0 Å². The van der Waals surface area contributed by atoms with Crippen LogP contribution in [0, 0.1) is 17.3 Å². The Balaban J connectivity index is 2.67. The second-order valence-corrected chi connectivity index (χ2v) is 6.30. The largest absolute Gasteiger partial charge is 0.390 e. The van der Waals surface area contributed by atoms with Gasteiger partial charge in [-0.2, -0.15) is 0 Å². The minimum absolute atomic E-state index is 0.406. The summed E-state index contributed by atoms with van der Waals surface area (Å²) in [5.41, 5.74) is 0.000417. The van der Waals surface area contributed by atoms with E-state index in [9.17, 15) is 5.11 Å². The van der Waals surface area contributed by atoms with Crippen LogP contribution in [0.4, 0.5) is 0 Å². The Morgan fingerprint density at radius 2 is 1.93 bits per heavy atom. The van der Waals surface area contributed by atoms with Crippen molar-refractivity contribution in [3.63, 3.8) is 0 Å². The normalized spacial score (nSPS) is 39.9. The van der Waals surface area contributed by atoms with Crippen LogP contribution in [0.15, 0.2) is 0 Å². The first-order valence-electron chi connectivity index (χ1n) is 5.99. The second kappa shape index (κ2) is 3.84. The Bertz CT molecular complexity index is 188. The number of hydrogen-bond donors (Lipinski definition) is 1. The summed E-state index contributed by atoms with van der Waals surface area (Å²) in [4.78, 5) is 0. The highest BCUT2D eigenvalue weighted by Gasteiger charge is 2.40. The first-order chi connectivity index (χ1) is 6.27. The summed E-state index contributed by atoms with van der Waals surface area (Å²) in [6.45, 7) is 11.2. The smallest absolute Gasteiger partial charge is 0.0647 e. The van der Waals surface area contributed by atoms with Crippen LogP contribution in [0.2, 0.25) is 0 Å². The van der Waals surface area contributed by atoms with Crippen LogP contribution >= 0.6 is 0 Å². The van der Waals surface area contributed by atoms with Gasteiger partial charge in [0.15, 0.2) is 0 Å². The van der Waals surface area contributed by atoms with Gasteiger partial charge in [-0.1, -0.05) is 34.1 Å². The zero-order valence-electron chi connectivity index (χ0n) is 10.4. The monoisotopic (exact) mass is 198 g/mol. The maximum atomic E-state index is 10.2. The molecule has 1 heteroatoms. The van der Waals surface area contributed by atoms with Crippen molar-refractivity contribution in [3.8, 4) is 0 Å². The van der Waals surface area contributed by atoms with E-state index in [1.165, 1.54) is 12.8 Å². The van der Waals surface area contributed by atoms with E-state index in [0.29, 0.717) is 11.3 Å². The van der Waals surface area contributed by atoms with Crippen molar-refractivity contribution in [2.45, 2.75) is 65.9 Å². The summed E-state index contributed by atoms with van der Waals surface area (Å²) in [7, 11) is 0. The average molecular weight is 198 g/mol. The summed E-state index contributed by atoms with van der Waals surface area (Å²) >= 11 is 0. The molecule has 1 nitrogen and oxygen atoms in total. The van der Waals surface area contributed by atoms with Crippen LogP contribution in [-0.4, -0.2) is 10.7 Å². The Morgan fingerprint density at radius 3 is 2.36 bits per heavy atom. The summed E-state index contributed by atoms with van der Waals surface area (Å²) in [6.07, 6.45) is 4.48. The molecule has 0 unspecified atom stereocenters. The van der Waals surface area contributed by atoms with Gasteiger partial charge in [-0.3, -0.25) is 0 Å². The highest BCUT2D eigenvalue weighted by Crippen LogP contribution is 2.45. The lowest BCUT2D eigenvalue weighted by Gasteiger charge is -2.45. The molecular formula is C13H26O. The lowest BCUT2D eigenvalue weighted by Crippen LogP contribution is -2.42. The first-order valence-corrected chi connectivity index (χ1v) is 5.99. The molecule has 0 spiro atoms. The van der Waals surface area contributed by atoms with Gasteiger partial charge in [0.2, 0.25) is 0 Å². The molecule has 0 heterocycles. The van der Waals surface area contributed by atoms with Gasteiger partial charge < -0.3 is 5.11 Å². The van der Waals surface area contributed by atoms with Gasteiger partial charge >= 0.3 is 0 Å². The number of rotatable bonds is 1. The molecule has 14 heavy (non-hydrogen) atoms. The molecule has 0 aromatic heterocycles. The second-order valence-electron chi connectivity index (χ2n) is 6.30. The molecule has 0 amide bonds. The highest BCUT2D eigenvalue weighted by molar-refractivity contribution is 4.91. The van der Waals surface area contributed by atoms with Crippen molar-refractivity contribution >= 4 is 0 Å². The Labute approximate surface area is 88.9 Å². The highest BCUT2D eigenvalue weighted by atomic mass is 16.3. The van der Waals surface area contributed by atoms with Crippen molar-refractivity contribution in [2.24, 2.45) is 17.3 Å². The standard InChI is InChI=1S/C13H26O/c1-6-10-9-11(12(2,3)4)7-8-13(10,5)14/h10-11,14H,6-9H2,1-5H3/t10-,11+,13+/m1/s1. The van der Waals surface area contributed by atoms with Crippen LogP contribution in [0.1, 0.15) is 60.3 Å². The maximum Gasteiger partial charge on any atom is 0.0647 e. The molecule has 3 atom stereocenters. The molecule has 1 aliphatic rings. The third kappa shape index (κ3) is 2.50. The van der Waals surface area contributed by atoms with Gasteiger partial charge in [0.1, 0.15) is 0 Å². The van der Waals surface area contributed by atoms with Gasteiger partial charge in [0, 0.05) is 0 Å². The molecule has 0 radical (unpaired) electrons. The summed E-state index contributed by atoms with van der Waals surface area (Å²) < 4.78 is 0. The average Bonchev–Trinajstić information content (AvgIpc) is 2.01. The fourth-order valence-corrected chi connectivity index (χ4v) is 2.78. The zero-order chi connectivity index (χ0) is 11.0. The molecule has 1 fully saturated rings. The van der Waals surface area contributed by atoms with Crippen molar-refractivity contribution < 1.29 is 5.11 Å². The van der Waals surface area contributed by atoms with Gasteiger partial charge in [0.05, 0.1) is 5.60 Å². The van der Waals surface area contributed by atoms with E-state index >= 15 is 0 Å². The summed E-state index contributed by atoms with van der Waals surface area (Å²) in [5.74, 6) is 1.29. The van der Waals surface area contributed by atoms with Crippen LogP contribution in [0.25, 0.3) is 0 Å². The van der Waals surface area contributed by atoms with Crippen LogP contribution < -0.4 is 0 Å². The van der Waals surface area contributed by atoms with E-state index in [0.717, 1.165) is 18.8 Å². The SMILES string of the molecule is CC[C@@H]1C[C@@H](C(C)(C)C)CC[C@]1(C)O. The molecular weight excluding hydrogens is 172 g/mol. The minimum Gasteiger partial charge on any atom is -0.390 e. The molecule has 1 saturated carbocycles. The molecule has 0 saturated heterocycles. The third-order valence-corrected chi connectivity index (χ3v) is 4.17. The van der Waals surface area contributed by atoms with E-state index in [2.05, 4.69) is 27.7 Å². The fourth-order valence-electron chi connectivity index (χ4n) is 2.78. The van der Waals surface area contributed by atoms with Crippen LogP contribution in [0.3, 0.4) is 0 Å².